The van der Waals surface area contributed by atoms with E-state index in [0.717, 1.165) is 44.8 Å². The van der Waals surface area contributed by atoms with E-state index in [-0.39, 0.29) is 23.9 Å². The lowest BCUT2D eigenvalue weighted by Gasteiger charge is -2.23. The van der Waals surface area contributed by atoms with Gasteiger partial charge in [-0.3, -0.25) is 10.6 Å². The predicted octanol–water partition coefficient (Wildman–Crippen LogP) is 5.34. The minimum Gasteiger partial charge on any atom is -0.375 e. The van der Waals surface area contributed by atoms with Gasteiger partial charge in [0, 0.05) is 5.56 Å². The average molecular weight is 687 g/mol. The predicted molar refractivity (Wildman–Crippen MR) is 188 cm³/mol. The van der Waals surface area contributed by atoms with E-state index in [4.69, 9.17) is 11.5 Å². The van der Waals surface area contributed by atoms with Crippen molar-refractivity contribution < 1.29 is 28.7 Å². The zero-order valence-corrected chi connectivity index (χ0v) is 29.6. The number of hydrogen-bond acceptors (Lipinski definition) is 10. The van der Waals surface area contributed by atoms with E-state index in [0.29, 0.717) is 11.6 Å². The lowest BCUT2D eigenvalue weighted by atomic mass is 9.92. The molecule has 8 N–H and O–H groups in total. The highest BCUT2D eigenvalue weighted by Crippen LogP contribution is 2.34. The fraction of sp³-hybridized carbons (Fsp3) is 0.389. The Morgan fingerprint density at radius 3 is 1.48 bits per heavy atom. The Balaban J connectivity index is 1.51. The number of esters is 2. The average Bonchev–Trinajstić information content (AvgIpc) is 3.73. The van der Waals surface area contributed by atoms with E-state index in [9.17, 15) is 19.2 Å². The second-order valence-electron chi connectivity index (χ2n) is 13.1. The number of imidazole rings is 2. The van der Waals surface area contributed by atoms with Gasteiger partial charge in [-0.05, 0) is 67.3 Å². The molecule has 50 heavy (non-hydrogen) atoms. The number of benzene rings is 2. The zero-order chi connectivity index (χ0) is 36.9. The van der Waals surface area contributed by atoms with Gasteiger partial charge in [0.2, 0.25) is 0 Å². The molecule has 2 heterocycles. The summed E-state index contributed by atoms with van der Waals surface area (Å²) in [6.45, 7) is 15.4. The van der Waals surface area contributed by atoms with Gasteiger partial charge in [-0.25, -0.2) is 29.1 Å². The minimum atomic E-state index is -1.15. The molecule has 14 heteroatoms. The SMILES string of the molecule is Cc1c(-c2ccc(-c3cnc([C@H](N[C@@H](C)C(=O)OC(N)=O)C(C)C)[nH]3)cc2)ccc(-c2cnc([C@H](N[C@@H](C)C(=O)OC(N)=O)C(C)C)[nH]2)c1C. The van der Waals surface area contributed by atoms with E-state index in [1.165, 1.54) is 0 Å². The summed E-state index contributed by atoms with van der Waals surface area (Å²) in [5, 5.41) is 6.36. The van der Waals surface area contributed by atoms with Gasteiger partial charge in [-0.1, -0.05) is 64.1 Å². The van der Waals surface area contributed by atoms with Crippen LogP contribution in [0.15, 0.2) is 48.8 Å². The number of amides is 2. The monoisotopic (exact) mass is 686 g/mol. The molecule has 0 aliphatic heterocycles. The third-order valence-corrected chi connectivity index (χ3v) is 8.67. The molecule has 4 rings (SSSR count). The number of rotatable bonds is 13. The summed E-state index contributed by atoms with van der Waals surface area (Å²) in [5.74, 6) is -0.0759. The first kappa shape index (κ1) is 37.5. The van der Waals surface area contributed by atoms with Gasteiger partial charge in [0.1, 0.15) is 23.7 Å². The van der Waals surface area contributed by atoms with Crippen molar-refractivity contribution in [2.24, 2.45) is 23.3 Å². The van der Waals surface area contributed by atoms with Crippen molar-refractivity contribution in [2.45, 2.75) is 79.6 Å². The van der Waals surface area contributed by atoms with Crippen LogP contribution in [0.4, 0.5) is 9.59 Å². The number of hydrogen-bond donors (Lipinski definition) is 6. The summed E-state index contributed by atoms with van der Waals surface area (Å²) in [5.41, 5.74) is 17.9. The number of carbonyl (C=O) groups excluding carboxylic acids is 4. The van der Waals surface area contributed by atoms with Gasteiger partial charge in [-0.2, -0.15) is 0 Å². The number of H-pyrrole nitrogens is 2. The Hall–Kier alpha value is -5.34. The molecule has 0 aliphatic carbocycles. The number of ether oxygens (including phenoxy) is 2. The van der Waals surface area contributed by atoms with Crippen LogP contribution in [0.3, 0.4) is 0 Å². The molecular formula is C36H46N8O6. The summed E-state index contributed by atoms with van der Waals surface area (Å²) in [6, 6.07) is 10.2. The number of nitrogens with two attached hydrogens (primary N) is 2. The molecule has 0 saturated carbocycles. The van der Waals surface area contributed by atoms with Gasteiger partial charge in [-0.15, -0.1) is 0 Å². The van der Waals surface area contributed by atoms with E-state index >= 15 is 0 Å². The molecule has 0 spiro atoms. The number of nitrogens with one attached hydrogen (secondary N) is 4. The number of primary amides is 2. The first-order valence-electron chi connectivity index (χ1n) is 16.4. The van der Waals surface area contributed by atoms with Gasteiger partial charge in [0.25, 0.3) is 0 Å². The molecule has 2 amide bonds. The topological polar surface area (TPSA) is 220 Å². The normalized spacial score (nSPS) is 13.9. The van der Waals surface area contributed by atoms with Crippen molar-refractivity contribution >= 4 is 24.1 Å². The van der Waals surface area contributed by atoms with E-state index in [2.05, 4.69) is 78.2 Å². The summed E-state index contributed by atoms with van der Waals surface area (Å²) in [7, 11) is 0. The Morgan fingerprint density at radius 1 is 0.620 bits per heavy atom. The van der Waals surface area contributed by atoms with Crippen LogP contribution in [0.2, 0.25) is 0 Å². The maximum Gasteiger partial charge on any atom is 0.412 e. The molecule has 4 aromatic rings. The number of carbonyl (C=O) groups is 4. The summed E-state index contributed by atoms with van der Waals surface area (Å²) in [6.07, 6.45) is 1.24. The van der Waals surface area contributed by atoms with Crippen molar-refractivity contribution in [3.63, 3.8) is 0 Å². The van der Waals surface area contributed by atoms with Crippen molar-refractivity contribution in [1.82, 2.24) is 30.6 Å². The summed E-state index contributed by atoms with van der Waals surface area (Å²) >= 11 is 0. The molecule has 0 fully saturated rings. The number of aromatic nitrogens is 4. The Bertz CT molecular complexity index is 1840. The molecule has 0 saturated heterocycles. The quantitative estimate of drug-likeness (QED) is 0.0782. The van der Waals surface area contributed by atoms with Crippen LogP contribution in [0, 0.1) is 25.7 Å². The highest BCUT2D eigenvalue weighted by Gasteiger charge is 2.27. The fourth-order valence-electron chi connectivity index (χ4n) is 5.75. The molecule has 0 radical (unpaired) electrons. The standard InChI is InChI=1S/C36H46N8O6/c1-17(2)29(41-21(7)33(45)49-35(37)47)31-39-15-27(43-31)24-11-9-23(10-12-24)25-13-14-26(20(6)19(25)5)28-16-40-32(44-28)30(18(3)4)42-22(8)34(46)50-36(38)48/h9-18,21-22,29-30,41-42H,1-8H3,(H2,37,47)(H2,38,48)(H,39,43)(H,40,44)/t21-,22-,29+,30+/m0/s1. The molecule has 2 aromatic heterocycles. The maximum atomic E-state index is 12.2. The molecule has 0 aliphatic rings. The second-order valence-corrected chi connectivity index (χ2v) is 13.1. The molecule has 2 aromatic carbocycles. The highest BCUT2D eigenvalue weighted by molar-refractivity contribution is 5.87. The number of aromatic amines is 2. The van der Waals surface area contributed by atoms with Gasteiger partial charge in [0.05, 0.1) is 35.9 Å². The van der Waals surface area contributed by atoms with Gasteiger partial charge >= 0.3 is 24.1 Å². The Morgan fingerprint density at radius 2 is 1.02 bits per heavy atom. The van der Waals surface area contributed by atoms with Crippen LogP contribution in [-0.4, -0.2) is 56.1 Å². The van der Waals surface area contributed by atoms with Crippen LogP contribution >= 0.6 is 0 Å². The smallest absolute Gasteiger partial charge is 0.375 e. The van der Waals surface area contributed by atoms with E-state index < -0.39 is 36.2 Å². The van der Waals surface area contributed by atoms with Crippen LogP contribution in [0.5, 0.6) is 0 Å². The molecule has 0 unspecified atom stereocenters. The lowest BCUT2D eigenvalue weighted by Crippen LogP contribution is -2.41. The molecule has 14 nitrogen and oxygen atoms in total. The van der Waals surface area contributed by atoms with Gasteiger partial charge < -0.3 is 30.9 Å². The molecular weight excluding hydrogens is 640 g/mol. The Kier molecular flexibility index (Phi) is 11.9. The molecule has 4 atom stereocenters. The highest BCUT2D eigenvalue weighted by atomic mass is 16.6. The second kappa shape index (κ2) is 15.9. The largest absolute Gasteiger partial charge is 0.412 e. The lowest BCUT2D eigenvalue weighted by molar-refractivity contribution is -0.140. The van der Waals surface area contributed by atoms with Crippen molar-refractivity contribution in [2.75, 3.05) is 0 Å². The minimum absolute atomic E-state index is 0.0663. The van der Waals surface area contributed by atoms with Crippen molar-refractivity contribution in [1.29, 1.82) is 0 Å². The summed E-state index contributed by atoms with van der Waals surface area (Å²) < 4.78 is 9.04. The van der Waals surface area contributed by atoms with Gasteiger partial charge in [0.15, 0.2) is 0 Å². The molecule has 0 bridgehead atoms. The van der Waals surface area contributed by atoms with Crippen molar-refractivity contribution in [3.05, 3.63) is 71.6 Å². The number of nitrogens with zero attached hydrogens (tertiary/aromatic N) is 2. The van der Waals surface area contributed by atoms with E-state index in [1.54, 1.807) is 26.2 Å². The fourth-order valence-corrected chi connectivity index (χ4v) is 5.75. The van der Waals surface area contributed by atoms with Crippen LogP contribution in [0.25, 0.3) is 33.6 Å². The van der Waals surface area contributed by atoms with Crippen LogP contribution in [-0.2, 0) is 19.1 Å². The third-order valence-electron chi connectivity index (χ3n) is 8.67. The molecule has 266 valence electrons. The first-order valence-corrected chi connectivity index (χ1v) is 16.4. The van der Waals surface area contributed by atoms with Crippen LogP contribution < -0.4 is 22.1 Å². The summed E-state index contributed by atoms with van der Waals surface area (Å²) in [4.78, 5) is 62.3. The zero-order valence-electron chi connectivity index (χ0n) is 29.6. The third kappa shape index (κ3) is 8.81. The van der Waals surface area contributed by atoms with Crippen molar-refractivity contribution in [3.8, 4) is 33.6 Å². The van der Waals surface area contributed by atoms with E-state index in [1.807, 2.05) is 39.8 Å². The first-order chi connectivity index (χ1) is 23.6. The Labute approximate surface area is 291 Å². The van der Waals surface area contributed by atoms with Crippen LogP contribution in [0.1, 0.15) is 76.4 Å². The maximum absolute atomic E-state index is 12.2.